The maximum atomic E-state index is 13.1. The summed E-state index contributed by atoms with van der Waals surface area (Å²) in [4.78, 5) is 20.1. The molecule has 0 amide bonds. The fourth-order valence-electron chi connectivity index (χ4n) is 4.95. The molecule has 32 heavy (non-hydrogen) atoms. The third kappa shape index (κ3) is 4.67. The normalized spacial score (nSPS) is 21.1. The minimum absolute atomic E-state index is 0.00357. The Kier molecular flexibility index (Phi) is 6.54. The van der Waals surface area contributed by atoms with Gasteiger partial charge in [0.1, 0.15) is 18.5 Å². The van der Waals surface area contributed by atoms with E-state index in [-0.39, 0.29) is 18.6 Å². The van der Waals surface area contributed by atoms with E-state index in [1.165, 1.54) is 6.42 Å². The average molecular weight is 434 g/mol. The minimum atomic E-state index is -0.177. The Morgan fingerprint density at radius 2 is 1.84 bits per heavy atom. The van der Waals surface area contributed by atoms with Gasteiger partial charge in [0.15, 0.2) is 0 Å². The second kappa shape index (κ2) is 9.35. The van der Waals surface area contributed by atoms with Crippen molar-refractivity contribution in [2.24, 2.45) is 17.8 Å². The first kappa shape index (κ1) is 22.4. The molecule has 1 saturated carbocycles. The SMILES string of the molecule is CC1CCC(C(C)C)[C@H](OC(=O)Cn2c(-c3ccc(N(C)C)cc3)nc3ccccc32)C1. The van der Waals surface area contributed by atoms with Crippen molar-refractivity contribution in [3.63, 3.8) is 0 Å². The Hall–Kier alpha value is -2.82. The fraction of sp³-hybridized carbons (Fsp3) is 0.481. The summed E-state index contributed by atoms with van der Waals surface area (Å²) >= 11 is 0. The van der Waals surface area contributed by atoms with Crippen LogP contribution in [0.2, 0.25) is 0 Å². The lowest BCUT2D eigenvalue weighted by molar-refractivity contribution is -0.156. The first-order valence-corrected chi connectivity index (χ1v) is 11.8. The monoisotopic (exact) mass is 433 g/mol. The number of fused-ring (bicyclic) bond motifs is 1. The highest BCUT2D eigenvalue weighted by molar-refractivity contribution is 5.83. The summed E-state index contributed by atoms with van der Waals surface area (Å²) < 4.78 is 8.10. The molecule has 3 aromatic rings. The van der Waals surface area contributed by atoms with Gasteiger partial charge in [0.25, 0.3) is 0 Å². The Morgan fingerprint density at radius 1 is 1.12 bits per heavy atom. The number of hydrogen-bond donors (Lipinski definition) is 0. The van der Waals surface area contributed by atoms with Crippen molar-refractivity contribution in [3.8, 4) is 11.4 Å². The number of benzene rings is 2. The summed E-state index contributed by atoms with van der Waals surface area (Å²) in [6, 6.07) is 16.3. The van der Waals surface area contributed by atoms with Crippen molar-refractivity contribution >= 4 is 22.7 Å². The highest BCUT2D eigenvalue weighted by atomic mass is 16.5. The standard InChI is InChI=1S/C27H35N3O2/c1-18(2)22-15-10-19(3)16-25(22)32-26(31)17-30-24-9-7-6-8-23(24)28-27(30)20-11-13-21(14-12-20)29(4)5/h6-9,11-14,18-19,22,25H,10,15-17H2,1-5H3/t19?,22?,25-/m1/s1. The average Bonchev–Trinajstić information content (AvgIpc) is 3.12. The molecule has 1 aliphatic carbocycles. The molecule has 5 nitrogen and oxygen atoms in total. The second-order valence-corrected chi connectivity index (χ2v) is 9.81. The smallest absolute Gasteiger partial charge is 0.326 e. The molecule has 2 unspecified atom stereocenters. The predicted octanol–water partition coefficient (Wildman–Crippen LogP) is 5.77. The van der Waals surface area contributed by atoms with Crippen molar-refractivity contribution in [1.29, 1.82) is 0 Å². The summed E-state index contributed by atoms with van der Waals surface area (Å²) in [5.74, 6) is 2.17. The third-order valence-electron chi connectivity index (χ3n) is 6.83. The Balaban J connectivity index is 1.62. The summed E-state index contributed by atoms with van der Waals surface area (Å²) in [7, 11) is 4.05. The van der Waals surface area contributed by atoms with Crippen molar-refractivity contribution in [3.05, 3.63) is 48.5 Å². The molecule has 0 N–H and O–H groups in total. The largest absolute Gasteiger partial charge is 0.461 e. The molecule has 1 aliphatic rings. The van der Waals surface area contributed by atoms with Gasteiger partial charge in [0, 0.05) is 25.3 Å². The number of nitrogens with zero attached hydrogens (tertiary/aromatic N) is 3. The molecule has 170 valence electrons. The molecule has 0 bridgehead atoms. The van der Waals surface area contributed by atoms with Gasteiger partial charge < -0.3 is 14.2 Å². The van der Waals surface area contributed by atoms with Crippen molar-refractivity contribution < 1.29 is 9.53 Å². The van der Waals surface area contributed by atoms with Gasteiger partial charge in [0.2, 0.25) is 0 Å². The minimum Gasteiger partial charge on any atom is -0.461 e. The van der Waals surface area contributed by atoms with Gasteiger partial charge in [-0.25, -0.2) is 4.98 Å². The van der Waals surface area contributed by atoms with Crippen LogP contribution in [0.5, 0.6) is 0 Å². The lowest BCUT2D eigenvalue weighted by Gasteiger charge is -2.36. The van der Waals surface area contributed by atoms with E-state index in [1.54, 1.807) is 0 Å². The summed E-state index contributed by atoms with van der Waals surface area (Å²) in [5.41, 5.74) is 3.96. The number of ether oxygens (including phenoxy) is 1. The van der Waals surface area contributed by atoms with E-state index in [2.05, 4.69) is 49.9 Å². The molecule has 0 aliphatic heterocycles. The predicted molar refractivity (Wildman–Crippen MR) is 131 cm³/mol. The van der Waals surface area contributed by atoms with Crippen LogP contribution in [-0.2, 0) is 16.1 Å². The summed E-state index contributed by atoms with van der Waals surface area (Å²) in [6.45, 7) is 6.90. The zero-order chi connectivity index (χ0) is 22.8. The van der Waals surface area contributed by atoms with Crippen LogP contribution >= 0.6 is 0 Å². The number of carbonyl (C=O) groups excluding carboxylic acids is 1. The van der Waals surface area contributed by atoms with Crippen LogP contribution in [0.15, 0.2) is 48.5 Å². The van der Waals surface area contributed by atoms with E-state index in [9.17, 15) is 4.79 Å². The molecule has 1 heterocycles. The molecule has 3 atom stereocenters. The van der Waals surface area contributed by atoms with E-state index in [4.69, 9.17) is 9.72 Å². The van der Waals surface area contributed by atoms with Gasteiger partial charge in [-0.15, -0.1) is 0 Å². The van der Waals surface area contributed by atoms with Crippen molar-refractivity contribution in [1.82, 2.24) is 9.55 Å². The number of aromatic nitrogens is 2. The van der Waals surface area contributed by atoms with Gasteiger partial charge in [-0.2, -0.15) is 0 Å². The molecular weight excluding hydrogens is 398 g/mol. The van der Waals surface area contributed by atoms with Crippen LogP contribution in [-0.4, -0.2) is 35.7 Å². The number of imidazole rings is 1. The zero-order valence-electron chi connectivity index (χ0n) is 19.9. The molecular formula is C27H35N3O2. The van der Waals surface area contributed by atoms with Crippen LogP contribution in [0.4, 0.5) is 5.69 Å². The van der Waals surface area contributed by atoms with Crippen molar-refractivity contribution in [2.45, 2.75) is 52.7 Å². The molecule has 5 heteroatoms. The van der Waals surface area contributed by atoms with Crippen LogP contribution in [0.1, 0.15) is 40.0 Å². The fourth-order valence-corrected chi connectivity index (χ4v) is 4.95. The molecule has 0 radical (unpaired) electrons. The number of rotatable bonds is 6. The first-order chi connectivity index (χ1) is 15.3. The van der Waals surface area contributed by atoms with Gasteiger partial charge in [-0.3, -0.25) is 4.79 Å². The number of anilines is 1. The van der Waals surface area contributed by atoms with Crippen LogP contribution < -0.4 is 4.90 Å². The van der Waals surface area contributed by atoms with Crippen LogP contribution in [0.3, 0.4) is 0 Å². The maximum absolute atomic E-state index is 13.1. The number of hydrogen-bond acceptors (Lipinski definition) is 4. The third-order valence-corrected chi connectivity index (χ3v) is 6.83. The van der Waals surface area contributed by atoms with E-state index >= 15 is 0 Å². The molecule has 4 rings (SSSR count). The topological polar surface area (TPSA) is 47.4 Å². The Labute approximate surface area is 191 Å². The summed E-state index contributed by atoms with van der Waals surface area (Å²) in [6.07, 6.45) is 3.31. The molecule has 2 aromatic carbocycles. The molecule has 0 saturated heterocycles. The van der Waals surface area contributed by atoms with Crippen LogP contribution in [0.25, 0.3) is 22.4 Å². The Bertz CT molecular complexity index is 1070. The first-order valence-electron chi connectivity index (χ1n) is 11.8. The van der Waals surface area contributed by atoms with Gasteiger partial charge in [-0.1, -0.05) is 39.3 Å². The van der Waals surface area contributed by atoms with Crippen LogP contribution in [0, 0.1) is 17.8 Å². The lowest BCUT2D eigenvalue weighted by Crippen LogP contribution is -2.36. The highest BCUT2D eigenvalue weighted by Crippen LogP contribution is 2.35. The quantitative estimate of drug-likeness (QED) is 0.463. The highest BCUT2D eigenvalue weighted by Gasteiger charge is 2.33. The van der Waals surface area contributed by atoms with Gasteiger partial charge in [-0.05, 0) is 67.0 Å². The van der Waals surface area contributed by atoms with E-state index < -0.39 is 0 Å². The van der Waals surface area contributed by atoms with Gasteiger partial charge in [0.05, 0.1) is 11.0 Å². The molecule has 1 aromatic heterocycles. The second-order valence-electron chi connectivity index (χ2n) is 9.81. The number of para-hydroxylation sites is 2. The lowest BCUT2D eigenvalue weighted by atomic mass is 9.75. The van der Waals surface area contributed by atoms with E-state index in [0.29, 0.717) is 17.8 Å². The maximum Gasteiger partial charge on any atom is 0.326 e. The number of carbonyl (C=O) groups is 1. The van der Waals surface area contributed by atoms with E-state index in [0.717, 1.165) is 41.0 Å². The van der Waals surface area contributed by atoms with E-state index in [1.807, 2.05) is 42.9 Å². The zero-order valence-corrected chi connectivity index (χ0v) is 19.9. The number of esters is 1. The van der Waals surface area contributed by atoms with Crippen molar-refractivity contribution in [2.75, 3.05) is 19.0 Å². The summed E-state index contributed by atoms with van der Waals surface area (Å²) in [5, 5.41) is 0. The van der Waals surface area contributed by atoms with Gasteiger partial charge >= 0.3 is 5.97 Å². The Morgan fingerprint density at radius 3 is 2.53 bits per heavy atom. The molecule has 1 fully saturated rings. The molecule has 0 spiro atoms.